The predicted octanol–water partition coefficient (Wildman–Crippen LogP) is 3.34. The fourth-order valence-corrected chi connectivity index (χ4v) is 11.3. The zero-order valence-corrected chi connectivity index (χ0v) is 11.1. The number of nitriles is 1. The summed E-state index contributed by atoms with van der Waals surface area (Å²) in [6.07, 6.45) is 5.35. The summed E-state index contributed by atoms with van der Waals surface area (Å²) in [5, 5.41) is 13.0. The molecule has 1 saturated heterocycles. The predicted molar refractivity (Wildman–Crippen MR) is 59.4 cm³/mol. The molecule has 3 heteroatoms. The van der Waals surface area contributed by atoms with Crippen LogP contribution in [0.15, 0.2) is 0 Å². The molecule has 0 bridgehead atoms. The minimum absolute atomic E-state index is 0.336. The standard InChI is InChI=1S/C10H15BrNSe/c11-8-10(5-9(6-10)7-12)13-3-1-2-4-13/h9H,1-6,8H2/q+1. The molecule has 0 amide bonds. The minimum atomic E-state index is -0.336. The Morgan fingerprint density at radius 3 is 2.46 bits per heavy atom. The summed E-state index contributed by atoms with van der Waals surface area (Å²) in [5.41, 5.74) is 0. The van der Waals surface area contributed by atoms with Crippen molar-refractivity contribution in [3.8, 4) is 6.07 Å². The third-order valence-corrected chi connectivity index (χ3v) is 12.1. The number of hydrogen-bond donors (Lipinski definition) is 0. The van der Waals surface area contributed by atoms with Crippen LogP contribution in [0.25, 0.3) is 0 Å². The van der Waals surface area contributed by atoms with Gasteiger partial charge in [-0.25, -0.2) is 0 Å². The Kier molecular flexibility index (Phi) is 3.03. The molecule has 2 fully saturated rings. The molecular formula is C10H15BrNSe+. The maximum atomic E-state index is 8.81. The zero-order valence-electron chi connectivity index (χ0n) is 7.76. The molecule has 0 aromatic rings. The summed E-state index contributed by atoms with van der Waals surface area (Å²) >= 11 is 3.34. The molecule has 72 valence electrons. The van der Waals surface area contributed by atoms with Crippen molar-refractivity contribution in [3.05, 3.63) is 0 Å². The van der Waals surface area contributed by atoms with Gasteiger partial charge in [-0.1, -0.05) is 0 Å². The molecule has 2 rings (SSSR count). The van der Waals surface area contributed by atoms with E-state index in [1.165, 1.54) is 41.7 Å². The van der Waals surface area contributed by atoms with Gasteiger partial charge in [0.2, 0.25) is 0 Å². The Balaban J connectivity index is 1.98. The second kappa shape index (κ2) is 3.93. The molecular weight excluding hydrogens is 293 g/mol. The maximum absolute atomic E-state index is 8.81. The first-order valence-electron chi connectivity index (χ1n) is 4.94. The van der Waals surface area contributed by atoms with Gasteiger partial charge >= 0.3 is 93.0 Å². The molecule has 0 atom stereocenters. The number of alkyl halides is 1. The molecule has 1 heterocycles. The first kappa shape index (κ1) is 10.0. The molecule has 0 aromatic carbocycles. The van der Waals surface area contributed by atoms with Gasteiger partial charge in [0.15, 0.2) is 0 Å². The van der Waals surface area contributed by atoms with Crippen molar-refractivity contribution in [2.75, 3.05) is 5.33 Å². The molecule has 1 aliphatic heterocycles. The van der Waals surface area contributed by atoms with Gasteiger partial charge in [0, 0.05) is 0 Å². The Hall–Kier alpha value is 0.489. The average molecular weight is 308 g/mol. The zero-order chi connectivity index (χ0) is 9.31. The van der Waals surface area contributed by atoms with Gasteiger partial charge in [-0.15, -0.1) is 0 Å². The van der Waals surface area contributed by atoms with Crippen LogP contribution >= 0.6 is 15.9 Å². The molecule has 1 saturated carbocycles. The van der Waals surface area contributed by atoms with Crippen LogP contribution in [0.2, 0.25) is 15.0 Å². The number of nitrogens with zero attached hydrogens (tertiary/aromatic N) is 1. The average Bonchev–Trinajstić information content (AvgIpc) is 2.57. The summed E-state index contributed by atoms with van der Waals surface area (Å²) < 4.78 is 0.636. The summed E-state index contributed by atoms with van der Waals surface area (Å²) in [6.45, 7) is 0. The summed E-state index contributed by atoms with van der Waals surface area (Å²) in [6, 6.07) is 2.41. The van der Waals surface area contributed by atoms with Crippen LogP contribution < -0.4 is 0 Å². The first-order valence-corrected chi connectivity index (χ1v) is 9.34. The third kappa shape index (κ3) is 1.69. The van der Waals surface area contributed by atoms with Crippen molar-refractivity contribution < 1.29 is 0 Å². The second-order valence-corrected chi connectivity index (χ2v) is 10.3. The number of halogens is 1. The van der Waals surface area contributed by atoms with Crippen molar-refractivity contribution in [2.45, 2.75) is 40.6 Å². The van der Waals surface area contributed by atoms with Crippen molar-refractivity contribution in [1.29, 1.82) is 5.26 Å². The van der Waals surface area contributed by atoms with E-state index in [0.717, 1.165) is 0 Å². The van der Waals surface area contributed by atoms with E-state index in [1.54, 1.807) is 0 Å². The van der Waals surface area contributed by atoms with E-state index in [1.807, 2.05) is 0 Å². The van der Waals surface area contributed by atoms with Crippen LogP contribution in [0.3, 0.4) is 0 Å². The van der Waals surface area contributed by atoms with Crippen LogP contribution in [0.1, 0.15) is 25.7 Å². The first-order chi connectivity index (χ1) is 6.30. The molecule has 0 radical (unpaired) electrons. The molecule has 2 aliphatic rings. The summed E-state index contributed by atoms with van der Waals surface area (Å²) in [4.78, 5) is 0. The van der Waals surface area contributed by atoms with E-state index in [-0.39, 0.29) is 13.9 Å². The third-order valence-electron chi connectivity index (χ3n) is 3.31. The molecule has 13 heavy (non-hydrogen) atoms. The van der Waals surface area contributed by atoms with Crippen LogP contribution in [0.5, 0.6) is 0 Å². The van der Waals surface area contributed by atoms with E-state index in [4.69, 9.17) is 5.26 Å². The molecule has 0 aromatic heterocycles. The van der Waals surface area contributed by atoms with E-state index in [2.05, 4.69) is 22.0 Å². The molecule has 1 aliphatic carbocycles. The van der Waals surface area contributed by atoms with Gasteiger partial charge in [-0.3, -0.25) is 0 Å². The Bertz CT molecular complexity index is 224. The Morgan fingerprint density at radius 1 is 1.38 bits per heavy atom. The topological polar surface area (TPSA) is 23.8 Å². The fraction of sp³-hybridized carbons (Fsp3) is 0.900. The second-order valence-electron chi connectivity index (χ2n) is 4.16. The molecule has 0 N–H and O–H groups in total. The van der Waals surface area contributed by atoms with E-state index in [0.29, 0.717) is 10.2 Å². The van der Waals surface area contributed by atoms with Crippen molar-refractivity contribution >= 4 is 29.8 Å². The molecule has 0 unspecified atom stereocenters. The van der Waals surface area contributed by atoms with Crippen molar-refractivity contribution in [1.82, 2.24) is 0 Å². The van der Waals surface area contributed by atoms with E-state index < -0.39 is 0 Å². The number of hydrogen-bond acceptors (Lipinski definition) is 1. The van der Waals surface area contributed by atoms with E-state index >= 15 is 0 Å². The Morgan fingerprint density at radius 2 is 2.00 bits per heavy atom. The van der Waals surface area contributed by atoms with Gasteiger partial charge in [0.1, 0.15) is 0 Å². The van der Waals surface area contributed by atoms with Crippen LogP contribution in [0, 0.1) is 17.2 Å². The van der Waals surface area contributed by atoms with Crippen LogP contribution in [0.4, 0.5) is 0 Å². The summed E-state index contributed by atoms with van der Waals surface area (Å²) in [7, 11) is 0. The monoisotopic (exact) mass is 308 g/mol. The van der Waals surface area contributed by atoms with Gasteiger partial charge in [-0.05, 0) is 0 Å². The van der Waals surface area contributed by atoms with Crippen LogP contribution in [-0.2, 0) is 0 Å². The Labute approximate surface area is 92.9 Å². The molecule has 0 spiro atoms. The van der Waals surface area contributed by atoms with E-state index in [9.17, 15) is 0 Å². The summed E-state index contributed by atoms with van der Waals surface area (Å²) in [5.74, 6) is 0.391. The number of rotatable bonds is 2. The normalized spacial score (nSPS) is 39.8. The SMILES string of the molecule is N#CC1CC(CBr)([Se+]2CCCC2)C1. The van der Waals surface area contributed by atoms with Gasteiger partial charge < -0.3 is 0 Å². The molecule has 1 nitrogen and oxygen atoms in total. The van der Waals surface area contributed by atoms with Crippen molar-refractivity contribution in [2.24, 2.45) is 5.92 Å². The quantitative estimate of drug-likeness (QED) is 0.567. The fourth-order valence-electron chi connectivity index (χ4n) is 2.44. The van der Waals surface area contributed by atoms with Crippen molar-refractivity contribution in [3.63, 3.8) is 0 Å². The van der Waals surface area contributed by atoms with Crippen LogP contribution in [-0.4, -0.2) is 19.2 Å². The van der Waals surface area contributed by atoms with Gasteiger partial charge in [0.25, 0.3) is 0 Å². The van der Waals surface area contributed by atoms with Gasteiger partial charge in [-0.2, -0.15) is 0 Å². The van der Waals surface area contributed by atoms with Gasteiger partial charge in [0.05, 0.1) is 0 Å².